The third-order valence-corrected chi connectivity index (χ3v) is 4.53. The molecule has 0 atom stereocenters. The van der Waals surface area contributed by atoms with Crippen LogP contribution in [-0.2, 0) is 4.79 Å². The normalized spacial score (nSPS) is 12.2. The summed E-state index contributed by atoms with van der Waals surface area (Å²) in [7, 11) is 0. The molecule has 0 radical (unpaired) electrons. The highest BCUT2D eigenvalue weighted by Gasteiger charge is 2.15. The monoisotopic (exact) mass is 425 g/mol. The summed E-state index contributed by atoms with van der Waals surface area (Å²) in [6, 6.07) is 13.4. The maximum absolute atomic E-state index is 11.6. The van der Waals surface area contributed by atoms with Gasteiger partial charge in [0.1, 0.15) is 11.4 Å². The lowest BCUT2D eigenvalue weighted by atomic mass is 10.2. The number of carbonyl (C=O) groups excluding carboxylic acids is 1. The number of carbonyl (C=O) groups is 1. The number of anilines is 3. The quantitative estimate of drug-likeness (QED) is 0.389. The van der Waals surface area contributed by atoms with Crippen LogP contribution in [0.3, 0.4) is 0 Å². The summed E-state index contributed by atoms with van der Waals surface area (Å²) in [6.45, 7) is 9.17. The first kappa shape index (κ1) is 25.7. The van der Waals surface area contributed by atoms with Crippen LogP contribution in [-0.4, -0.2) is 25.0 Å². The molecule has 0 fully saturated rings. The van der Waals surface area contributed by atoms with Crippen molar-refractivity contribution in [1.29, 1.82) is 0 Å². The first-order chi connectivity index (χ1) is 15.2. The van der Waals surface area contributed by atoms with Gasteiger partial charge in [-0.1, -0.05) is 39.8 Å². The van der Waals surface area contributed by atoms with Gasteiger partial charge in [-0.2, -0.15) is 0 Å². The van der Waals surface area contributed by atoms with Gasteiger partial charge in [0.2, 0.25) is 0 Å². The van der Waals surface area contributed by atoms with E-state index in [4.69, 9.17) is 9.57 Å². The van der Waals surface area contributed by atoms with Crippen LogP contribution in [0, 0.1) is 12.8 Å². The van der Waals surface area contributed by atoms with Crippen LogP contribution >= 0.6 is 0 Å². The number of fused-ring (bicyclic) bond motifs is 1. The first-order valence-electron chi connectivity index (χ1n) is 10.8. The smallest absolute Gasteiger partial charge is 0.180 e. The van der Waals surface area contributed by atoms with Crippen molar-refractivity contribution in [1.82, 2.24) is 0 Å². The number of terminal acetylenes is 1. The van der Waals surface area contributed by atoms with Gasteiger partial charge in [-0.05, 0) is 37.1 Å². The molecular formula is C25H35N3O3. The van der Waals surface area contributed by atoms with Crippen molar-refractivity contribution >= 4 is 22.8 Å². The molecule has 1 aliphatic heterocycles. The zero-order chi connectivity index (χ0) is 23.1. The van der Waals surface area contributed by atoms with Crippen molar-refractivity contribution < 1.29 is 14.4 Å². The van der Waals surface area contributed by atoms with E-state index in [9.17, 15) is 4.79 Å². The Morgan fingerprint density at radius 2 is 1.77 bits per heavy atom. The van der Waals surface area contributed by atoms with E-state index in [0.29, 0.717) is 25.3 Å². The van der Waals surface area contributed by atoms with E-state index in [-0.39, 0.29) is 11.9 Å². The molecule has 0 aliphatic carbocycles. The second-order valence-corrected chi connectivity index (χ2v) is 6.54. The molecule has 168 valence electrons. The van der Waals surface area contributed by atoms with E-state index in [1.807, 2.05) is 56.3 Å². The van der Waals surface area contributed by atoms with Gasteiger partial charge in [0.25, 0.3) is 0 Å². The highest BCUT2D eigenvalue weighted by molar-refractivity contribution is 5.87. The van der Waals surface area contributed by atoms with Gasteiger partial charge in [-0.15, -0.1) is 12.8 Å². The predicted octanol–water partition coefficient (Wildman–Crippen LogP) is 5.73. The van der Waals surface area contributed by atoms with Crippen molar-refractivity contribution in [3.8, 4) is 24.3 Å². The highest BCUT2D eigenvalue weighted by Crippen LogP contribution is 2.33. The number of nitrogens with one attached hydrogen (secondary N) is 3. The van der Waals surface area contributed by atoms with Crippen LogP contribution in [0.4, 0.5) is 17.1 Å². The molecule has 6 nitrogen and oxygen atoms in total. The molecule has 0 unspecified atom stereocenters. The fourth-order valence-corrected chi connectivity index (χ4v) is 2.95. The van der Waals surface area contributed by atoms with Gasteiger partial charge in [0, 0.05) is 19.0 Å². The Kier molecular flexibility index (Phi) is 12.1. The number of hydrogen-bond donors (Lipinski definition) is 3. The van der Waals surface area contributed by atoms with Crippen molar-refractivity contribution in [3.63, 3.8) is 0 Å². The molecule has 0 spiro atoms. The maximum atomic E-state index is 11.6. The first-order valence-corrected chi connectivity index (χ1v) is 10.8. The van der Waals surface area contributed by atoms with E-state index in [1.54, 1.807) is 0 Å². The third kappa shape index (κ3) is 8.13. The summed E-state index contributed by atoms with van der Waals surface area (Å²) in [6.07, 6.45) is 10.7. The number of benzene rings is 2. The van der Waals surface area contributed by atoms with E-state index in [2.05, 4.69) is 42.8 Å². The number of ketones is 1. The number of para-hydroxylation sites is 1. The molecule has 3 N–H and O–H groups in total. The Bertz CT molecular complexity index is 817. The second-order valence-electron chi connectivity index (χ2n) is 6.54. The summed E-state index contributed by atoms with van der Waals surface area (Å²) in [5, 5.41) is 6.44. The molecule has 3 rings (SSSR count). The Morgan fingerprint density at radius 3 is 2.48 bits per heavy atom. The summed E-state index contributed by atoms with van der Waals surface area (Å²) in [4.78, 5) is 17.5. The molecule has 1 aliphatic rings. The average molecular weight is 426 g/mol. The number of rotatable bonds is 7. The minimum atomic E-state index is 0.187. The summed E-state index contributed by atoms with van der Waals surface area (Å²) in [5.41, 5.74) is 5.50. The van der Waals surface area contributed by atoms with E-state index < -0.39 is 0 Å². The molecule has 0 amide bonds. The number of Topliss-reactive ketones (excluding diaryl/α,β-unsaturated/α-hetero) is 1. The summed E-state index contributed by atoms with van der Waals surface area (Å²) >= 11 is 0. The highest BCUT2D eigenvalue weighted by atomic mass is 16.6. The molecule has 31 heavy (non-hydrogen) atoms. The van der Waals surface area contributed by atoms with Gasteiger partial charge in [0.05, 0.1) is 24.0 Å². The van der Waals surface area contributed by atoms with Crippen molar-refractivity contribution in [3.05, 3.63) is 42.5 Å². The van der Waals surface area contributed by atoms with Crippen molar-refractivity contribution in [2.24, 2.45) is 0 Å². The van der Waals surface area contributed by atoms with Crippen LogP contribution in [0.25, 0.3) is 0 Å². The van der Waals surface area contributed by atoms with Crippen molar-refractivity contribution in [2.75, 3.05) is 29.2 Å². The van der Waals surface area contributed by atoms with E-state index >= 15 is 0 Å². The lowest BCUT2D eigenvalue weighted by Crippen LogP contribution is -2.22. The standard InChI is InChI=1S/C21H27N3O3.C2H6.C2H2/c1-3-17(4-2)26-18-8-5-7-15(13-18)24-27-20-10-6-9-19-21(20)22-12-11-16(25)14-23-19;2*1-2/h5-10,13,17,22-24H,3-4,11-12,14H2,1-2H3;1-2H3;1-2H. The molecule has 2 aromatic rings. The minimum absolute atomic E-state index is 0.187. The lowest BCUT2D eigenvalue weighted by Gasteiger charge is -2.20. The number of ether oxygens (including phenoxy) is 1. The summed E-state index contributed by atoms with van der Waals surface area (Å²) in [5.74, 6) is 1.67. The molecule has 1 heterocycles. The second kappa shape index (κ2) is 14.6. The van der Waals surface area contributed by atoms with Gasteiger partial charge in [0.15, 0.2) is 11.5 Å². The Balaban J connectivity index is 0.00000113. The van der Waals surface area contributed by atoms with Crippen LogP contribution < -0.4 is 25.7 Å². The molecule has 0 aromatic heterocycles. The van der Waals surface area contributed by atoms with Gasteiger partial charge >= 0.3 is 0 Å². The Morgan fingerprint density at radius 1 is 1.06 bits per heavy atom. The van der Waals surface area contributed by atoms with Gasteiger partial charge < -0.3 is 20.2 Å². The maximum Gasteiger partial charge on any atom is 0.180 e. The molecule has 0 saturated heterocycles. The average Bonchev–Trinajstić information content (AvgIpc) is 2.82. The zero-order valence-corrected chi connectivity index (χ0v) is 19.0. The fraction of sp³-hybridized carbons (Fsp3) is 0.400. The molecule has 0 saturated carbocycles. The minimum Gasteiger partial charge on any atom is -0.490 e. The largest absolute Gasteiger partial charge is 0.490 e. The molecular weight excluding hydrogens is 390 g/mol. The zero-order valence-electron chi connectivity index (χ0n) is 19.0. The van der Waals surface area contributed by atoms with Crippen LogP contribution in [0.2, 0.25) is 0 Å². The van der Waals surface area contributed by atoms with Crippen LogP contribution in [0.15, 0.2) is 42.5 Å². The summed E-state index contributed by atoms with van der Waals surface area (Å²) < 4.78 is 5.99. The van der Waals surface area contributed by atoms with Crippen LogP contribution in [0.1, 0.15) is 47.0 Å². The Labute approximate surface area is 186 Å². The van der Waals surface area contributed by atoms with Crippen molar-refractivity contribution in [2.45, 2.75) is 53.1 Å². The van der Waals surface area contributed by atoms with E-state index in [0.717, 1.165) is 35.7 Å². The van der Waals surface area contributed by atoms with Crippen LogP contribution in [0.5, 0.6) is 11.5 Å². The molecule has 6 heteroatoms. The SMILES string of the molecule is C#C.CC.CCC(CC)Oc1cccc(NOc2cccc3c2NCCC(=O)CN3)c1. The van der Waals surface area contributed by atoms with Gasteiger partial charge in [-0.25, -0.2) is 5.48 Å². The number of hydrogen-bond acceptors (Lipinski definition) is 6. The Hall–Kier alpha value is -3.33. The topological polar surface area (TPSA) is 71.6 Å². The third-order valence-electron chi connectivity index (χ3n) is 4.53. The fourth-order valence-electron chi connectivity index (χ4n) is 2.95. The molecule has 2 aromatic carbocycles. The lowest BCUT2D eigenvalue weighted by molar-refractivity contribution is -0.117. The van der Waals surface area contributed by atoms with Gasteiger partial charge in [-0.3, -0.25) is 4.79 Å². The van der Waals surface area contributed by atoms with E-state index in [1.165, 1.54) is 0 Å². The predicted molar refractivity (Wildman–Crippen MR) is 130 cm³/mol. The molecule has 0 bridgehead atoms.